The number of H-pyrrole nitrogens is 1. The molecule has 3 aromatic rings. The van der Waals surface area contributed by atoms with E-state index in [1.165, 1.54) is 10.9 Å². The van der Waals surface area contributed by atoms with Crippen LogP contribution in [0.4, 0.5) is 4.79 Å². The van der Waals surface area contributed by atoms with Gasteiger partial charge in [0.05, 0.1) is 12.8 Å². The van der Waals surface area contributed by atoms with Crippen LogP contribution < -0.4 is 5.32 Å². The highest BCUT2D eigenvalue weighted by Crippen LogP contribution is 2.17. The zero-order valence-electron chi connectivity index (χ0n) is 12.5. The quantitative estimate of drug-likeness (QED) is 0.760. The summed E-state index contributed by atoms with van der Waals surface area (Å²) in [4.78, 5) is 16.9. The van der Waals surface area contributed by atoms with Gasteiger partial charge in [0.25, 0.3) is 0 Å². The average Bonchev–Trinajstić information content (AvgIpc) is 3.17. The van der Waals surface area contributed by atoms with Gasteiger partial charge in [-0.2, -0.15) is 0 Å². The van der Waals surface area contributed by atoms with Gasteiger partial charge in [-0.1, -0.05) is 18.2 Å². The Labute approximate surface area is 128 Å². The molecule has 0 radical (unpaired) electrons. The van der Waals surface area contributed by atoms with Gasteiger partial charge in [-0.05, 0) is 30.2 Å². The summed E-state index contributed by atoms with van der Waals surface area (Å²) in [6.07, 6.45) is 4.41. The predicted octanol–water partition coefficient (Wildman–Crippen LogP) is 3.15. The lowest BCUT2D eigenvalue weighted by atomic mass is 10.1. The first kappa shape index (κ1) is 14.3. The molecule has 0 unspecified atom stereocenters. The van der Waals surface area contributed by atoms with Crippen LogP contribution in [0.5, 0.6) is 0 Å². The zero-order valence-corrected chi connectivity index (χ0v) is 12.5. The number of fused-ring (bicyclic) bond motifs is 1. The van der Waals surface area contributed by atoms with E-state index in [2.05, 4.69) is 22.4 Å². The Kier molecular flexibility index (Phi) is 4.14. The van der Waals surface area contributed by atoms with Crippen molar-refractivity contribution in [1.29, 1.82) is 0 Å². The van der Waals surface area contributed by atoms with Crippen molar-refractivity contribution < 1.29 is 9.21 Å². The predicted molar refractivity (Wildman–Crippen MR) is 85.6 cm³/mol. The molecule has 0 atom stereocenters. The lowest BCUT2D eigenvalue weighted by Gasteiger charge is -2.16. The van der Waals surface area contributed by atoms with E-state index >= 15 is 0 Å². The van der Waals surface area contributed by atoms with Crippen molar-refractivity contribution >= 4 is 16.9 Å². The molecule has 5 heteroatoms. The number of rotatable bonds is 5. The third-order valence-electron chi connectivity index (χ3n) is 3.67. The molecule has 0 fully saturated rings. The molecule has 2 heterocycles. The number of aromatic amines is 1. The van der Waals surface area contributed by atoms with Gasteiger partial charge in [0.15, 0.2) is 0 Å². The van der Waals surface area contributed by atoms with Crippen molar-refractivity contribution in [2.24, 2.45) is 0 Å². The fourth-order valence-corrected chi connectivity index (χ4v) is 2.49. The number of aromatic nitrogens is 1. The Morgan fingerprint density at radius 1 is 1.27 bits per heavy atom. The van der Waals surface area contributed by atoms with Gasteiger partial charge in [-0.25, -0.2) is 4.79 Å². The van der Waals surface area contributed by atoms with Crippen molar-refractivity contribution in [3.63, 3.8) is 0 Å². The molecule has 0 aliphatic rings. The minimum absolute atomic E-state index is 0.101. The summed E-state index contributed by atoms with van der Waals surface area (Å²) < 4.78 is 5.24. The topological polar surface area (TPSA) is 61.3 Å². The number of hydrogen-bond donors (Lipinski definition) is 2. The van der Waals surface area contributed by atoms with Crippen molar-refractivity contribution in [3.05, 3.63) is 60.2 Å². The minimum atomic E-state index is -0.101. The van der Waals surface area contributed by atoms with E-state index in [1.807, 2.05) is 30.5 Å². The van der Waals surface area contributed by atoms with Crippen LogP contribution in [-0.2, 0) is 13.0 Å². The third kappa shape index (κ3) is 3.14. The van der Waals surface area contributed by atoms with Crippen molar-refractivity contribution in [2.45, 2.75) is 13.0 Å². The number of urea groups is 1. The van der Waals surface area contributed by atoms with Gasteiger partial charge in [-0.3, -0.25) is 0 Å². The molecule has 0 saturated heterocycles. The maximum absolute atomic E-state index is 12.0. The molecule has 22 heavy (non-hydrogen) atoms. The summed E-state index contributed by atoms with van der Waals surface area (Å²) in [5.74, 6) is 0.772. The van der Waals surface area contributed by atoms with E-state index < -0.39 is 0 Å². The molecule has 2 amide bonds. The summed E-state index contributed by atoms with van der Waals surface area (Å²) in [7, 11) is 1.75. The van der Waals surface area contributed by atoms with E-state index in [0.29, 0.717) is 13.1 Å². The van der Waals surface area contributed by atoms with Gasteiger partial charge in [0, 0.05) is 30.7 Å². The molecular weight excluding hydrogens is 278 g/mol. The van der Waals surface area contributed by atoms with Crippen LogP contribution in [0.25, 0.3) is 10.9 Å². The van der Waals surface area contributed by atoms with Gasteiger partial charge in [0.2, 0.25) is 0 Å². The first-order valence-corrected chi connectivity index (χ1v) is 7.30. The Morgan fingerprint density at radius 3 is 2.95 bits per heavy atom. The highest BCUT2D eigenvalue weighted by Gasteiger charge is 2.10. The summed E-state index contributed by atoms with van der Waals surface area (Å²) in [5, 5.41) is 4.14. The van der Waals surface area contributed by atoms with Crippen molar-refractivity contribution in [2.75, 3.05) is 13.6 Å². The number of nitrogens with zero attached hydrogens (tertiary/aromatic N) is 1. The molecule has 0 saturated carbocycles. The number of nitrogens with one attached hydrogen (secondary N) is 2. The molecule has 1 aromatic carbocycles. The molecule has 2 N–H and O–H groups in total. The Bertz CT molecular complexity index is 746. The highest BCUT2D eigenvalue weighted by molar-refractivity contribution is 5.83. The number of para-hydroxylation sites is 1. The van der Waals surface area contributed by atoms with E-state index in [9.17, 15) is 4.79 Å². The summed E-state index contributed by atoms with van der Waals surface area (Å²) in [6.45, 7) is 1.06. The SMILES string of the molecule is CN(Cc1ccco1)C(=O)NCCc1c[nH]c2ccccc12. The third-order valence-corrected chi connectivity index (χ3v) is 3.67. The average molecular weight is 297 g/mol. The largest absolute Gasteiger partial charge is 0.467 e. The molecule has 0 aliphatic heterocycles. The zero-order chi connectivity index (χ0) is 15.4. The second-order valence-electron chi connectivity index (χ2n) is 5.28. The number of amides is 2. The van der Waals surface area contributed by atoms with Gasteiger partial charge >= 0.3 is 6.03 Å². The molecule has 3 rings (SSSR count). The second-order valence-corrected chi connectivity index (χ2v) is 5.28. The lowest BCUT2D eigenvalue weighted by Crippen LogP contribution is -2.37. The maximum atomic E-state index is 12.0. The molecule has 114 valence electrons. The first-order valence-electron chi connectivity index (χ1n) is 7.30. The number of benzene rings is 1. The van der Waals surface area contributed by atoms with E-state index in [-0.39, 0.29) is 6.03 Å². The smallest absolute Gasteiger partial charge is 0.317 e. The number of hydrogen-bond acceptors (Lipinski definition) is 2. The minimum Gasteiger partial charge on any atom is -0.467 e. The molecule has 2 aromatic heterocycles. The standard InChI is InChI=1S/C17H19N3O2/c1-20(12-14-5-4-10-22-14)17(21)18-9-8-13-11-19-16-7-3-2-6-15(13)16/h2-7,10-11,19H,8-9,12H2,1H3,(H,18,21). The van der Waals surface area contributed by atoms with Crippen LogP contribution in [0.2, 0.25) is 0 Å². The van der Waals surface area contributed by atoms with Crippen molar-refractivity contribution in [1.82, 2.24) is 15.2 Å². The highest BCUT2D eigenvalue weighted by atomic mass is 16.3. The van der Waals surface area contributed by atoms with Gasteiger partial charge < -0.3 is 19.6 Å². The Morgan fingerprint density at radius 2 is 2.14 bits per heavy atom. The molecule has 0 spiro atoms. The summed E-state index contributed by atoms with van der Waals surface area (Å²) in [5.41, 5.74) is 2.34. The van der Waals surface area contributed by atoms with Gasteiger partial charge in [0.1, 0.15) is 5.76 Å². The lowest BCUT2D eigenvalue weighted by molar-refractivity contribution is 0.203. The Balaban J connectivity index is 1.51. The normalized spacial score (nSPS) is 10.8. The van der Waals surface area contributed by atoms with Crippen LogP contribution in [0.1, 0.15) is 11.3 Å². The molecule has 0 bridgehead atoms. The van der Waals surface area contributed by atoms with Crippen molar-refractivity contribution in [3.8, 4) is 0 Å². The number of carbonyl (C=O) groups excluding carboxylic acids is 1. The fraction of sp³-hybridized carbons (Fsp3) is 0.235. The number of furan rings is 1. The molecular formula is C17H19N3O2. The summed E-state index contributed by atoms with van der Waals surface area (Å²) >= 11 is 0. The summed E-state index contributed by atoms with van der Waals surface area (Å²) in [6, 6.07) is 11.7. The maximum Gasteiger partial charge on any atom is 0.317 e. The van der Waals surface area contributed by atoms with E-state index in [4.69, 9.17) is 4.42 Å². The van der Waals surface area contributed by atoms with Crippen LogP contribution in [0.3, 0.4) is 0 Å². The van der Waals surface area contributed by atoms with Crippen LogP contribution >= 0.6 is 0 Å². The van der Waals surface area contributed by atoms with Crippen LogP contribution in [-0.4, -0.2) is 29.5 Å². The Hall–Kier alpha value is -2.69. The molecule has 0 aliphatic carbocycles. The van der Waals surface area contributed by atoms with E-state index in [0.717, 1.165) is 17.7 Å². The van der Waals surface area contributed by atoms with Crippen LogP contribution in [0, 0.1) is 0 Å². The first-order chi connectivity index (χ1) is 10.7. The second kappa shape index (κ2) is 6.39. The fourth-order valence-electron chi connectivity index (χ4n) is 2.49. The number of carbonyl (C=O) groups is 1. The molecule has 5 nitrogen and oxygen atoms in total. The monoisotopic (exact) mass is 297 g/mol. The van der Waals surface area contributed by atoms with E-state index in [1.54, 1.807) is 18.2 Å². The van der Waals surface area contributed by atoms with Gasteiger partial charge in [-0.15, -0.1) is 0 Å². The van der Waals surface area contributed by atoms with Crippen LogP contribution in [0.15, 0.2) is 53.3 Å².